The third kappa shape index (κ3) is 3.04. The summed E-state index contributed by atoms with van der Waals surface area (Å²) < 4.78 is 15.8. The van der Waals surface area contributed by atoms with Crippen molar-refractivity contribution in [2.24, 2.45) is 0 Å². The number of esters is 1. The van der Waals surface area contributed by atoms with Gasteiger partial charge < -0.3 is 14.2 Å². The Labute approximate surface area is 178 Å². The van der Waals surface area contributed by atoms with Gasteiger partial charge in [0.25, 0.3) is 5.91 Å². The Hall–Kier alpha value is -4.06. The molecule has 0 unspecified atom stereocenters. The maximum absolute atomic E-state index is 13.6. The fraction of sp³-hybridized carbons (Fsp3) is 0.120. The van der Waals surface area contributed by atoms with E-state index in [1.54, 1.807) is 30.0 Å². The molecule has 5 rings (SSSR count). The lowest BCUT2D eigenvalue weighted by Crippen LogP contribution is -2.24. The SMILES string of the molecule is COC(=O)C1=C(C)N(c2cccc3ccccc23)C(=O)C1=Cc1ccc2c(c1)OCO2. The van der Waals surface area contributed by atoms with Crippen LogP contribution < -0.4 is 14.4 Å². The lowest BCUT2D eigenvalue weighted by Gasteiger charge is -2.20. The van der Waals surface area contributed by atoms with Gasteiger partial charge in [-0.05, 0) is 42.1 Å². The second kappa shape index (κ2) is 7.32. The van der Waals surface area contributed by atoms with Crippen LogP contribution in [0.5, 0.6) is 11.5 Å². The molecule has 0 spiro atoms. The minimum Gasteiger partial charge on any atom is -0.465 e. The first-order valence-electron chi connectivity index (χ1n) is 9.81. The highest BCUT2D eigenvalue weighted by Gasteiger charge is 2.38. The van der Waals surface area contributed by atoms with E-state index in [0.717, 1.165) is 22.0 Å². The highest BCUT2D eigenvalue weighted by molar-refractivity contribution is 6.25. The predicted octanol–water partition coefficient (Wildman–Crippen LogP) is 4.45. The van der Waals surface area contributed by atoms with E-state index < -0.39 is 5.97 Å². The Bertz CT molecular complexity index is 1300. The number of allylic oxidation sites excluding steroid dienone is 1. The summed E-state index contributed by atoms with van der Waals surface area (Å²) in [6.45, 7) is 1.92. The van der Waals surface area contributed by atoms with Gasteiger partial charge in [0, 0.05) is 11.1 Å². The van der Waals surface area contributed by atoms with Gasteiger partial charge in [-0.15, -0.1) is 0 Å². The number of nitrogens with zero attached hydrogens (tertiary/aromatic N) is 1. The van der Waals surface area contributed by atoms with Gasteiger partial charge in [0.1, 0.15) is 0 Å². The van der Waals surface area contributed by atoms with Crippen molar-refractivity contribution in [2.45, 2.75) is 6.92 Å². The molecule has 2 aliphatic heterocycles. The molecule has 0 bridgehead atoms. The molecular formula is C25H19NO5. The van der Waals surface area contributed by atoms with Crippen molar-refractivity contribution in [1.82, 2.24) is 0 Å². The van der Waals surface area contributed by atoms with Crippen LogP contribution in [-0.4, -0.2) is 25.8 Å². The summed E-state index contributed by atoms with van der Waals surface area (Å²) in [5.41, 5.74) is 2.49. The smallest absolute Gasteiger partial charge is 0.340 e. The molecule has 0 saturated heterocycles. The summed E-state index contributed by atoms with van der Waals surface area (Å²) in [5, 5.41) is 1.93. The molecule has 2 heterocycles. The number of amides is 1. The van der Waals surface area contributed by atoms with Crippen LogP contribution in [0, 0.1) is 0 Å². The van der Waals surface area contributed by atoms with Gasteiger partial charge in [-0.25, -0.2) is 4.79 Å². The molecule has 6 nitrogen and oxygen atoms in total. The lowest BCUT2D eigenvalue weighted by atomic mass is 10.0. The molecule has 3 aromatic carbocycles. The first kappa shape index (κ1) is 18.9. The molecule has 0 saturated carbocycles. The van der Waals surface area contributed by atoms with E-state index in [4.69, 9.17) is 14.2 Å². The minimum absolute atomic E-state index is 0.162. The third-order valence-corrected chi connectivity index (χ3v) is 5.50. The van der Waals surface area contributed by atoms with Crippen LogP contribution in [0.1, 0.15) is 12.5 Å². The topological polar surface area (TPSA) is 65.1 Å². The molecule has 2 aliphatic rings. The van der Waals surface area contributed by atoms with E-state index in [1.807, 2.05) is 48.5 Å². The third-order valence-electron chi connectivity index (χ3n) is 5.50. The largest absolute Gasteiger partial charge is 0.465 e. The molecule has 31 heavy (non-hydrogen) atoms. The average molecular weight is 413 g/mol. The summed E-state index contributed by atoms with van der Waals surface area (Å²) in [6.07, 6.45) is 1.69. The van der Waals surface area contributed by atoms with Crippen LogP contribution in [0.3, 0.4) is 0 Å². The van der Waals surface area contributed by atoms with Crippen LogP contribution >= 0.6 is 0 Å². The summed E-state index contributed by atoms with van der Waals surface area (Å²) >= 11 is 0. The zero-order chi connectivity index (χ0) is 21.5. The molecule has 3 aromatic rings. The number of hydrogen-bond donors (Lipinski definition) is 0. The molecule has 0 fully saturated rings. The monoisotopic (exact) mass is 413 g/mol. The minimum atomic E-state index is -0.555. The molecule has 0 radical (unpaired) electrons. The highest BCUT2D eigenvalue weighted by atomic mass is 16.7. The normalized spacial score (nSPS) is 16.5. The Morgan fingerprint density at radius 2 is 1.81 bits per heavy atom. The Balaban J connectivity index is 1.66. The number of carbonyl (C=O) groups is 2. The van der Waals surface area contributed by atoms with Crippen LogP contribution in [0.2, 0.25) is 0 Å². The Morgan fingerprint density at radius 1 is 1.03 bits per heavy atom. The van der Waals surface area contributed by atoms with E-state index in [0.29, 0.717) is 17.2 Å². The zero-order valence-corrected chi connectivity index (χ0v) is 17.0. The number of hydrogen-bond acceptors (Lipinski definition) is 5. The van der Waals surface area contributed by atoms with Crippen LogP contribution in [0.4, 0.5) is 5.69 Å². The number of methoxy groups -OCH3 is 1. The van der Waals surface area contributed by atoms with Gasteiger partial charge in [0.15, 0.2) is 11.5 Å². The number of anilines is 1. The standard InChI is InChI=1S/C25H19NO5/c1-15-23(25(28)29-2)19(12-16-10-11-21-22(13-16)31-14-30-21)24(27)26(15)20-9-5-7-17-6-3-4-8-18(17)20/h3-13H,14H2,1-2H3. The van der Waals surface area contributed by atoms with Crippen LogP contribution in [0.25, 0.3) is 16.8 Å². The summed E-state index contributed by atoms with van der Waals surface area (Å²) in [4.78, 5) is 27.8. The van der Waals surface area contributed by atoms with Crippen molar-refractivity contribution in [3.8, 4) is 11.5 Å². The van der Waals surface area contributed by atoms with Crippen molar-refractivity contribution in [3.63, 3.8) is 0 Å². The average Bonchev–Trinajstić information content (AvgIpc) is 3.35. The number of ether oxygens (including phenoxy) is 3. The maximum atomic E-state index is 13.6. The van der Waals surface area contributed by atoms with E-state index >= 15 is 0 Å². The zero-order valence-electron chi connectivity index (χ0n) is 17.0. The maximum Gasteiger partial charge on any atom is 0.340 e. The Kier molecular flexibility index (Phi) is 4.47. The van der Waals surface area contributed by atoms with Crippen molar-refractivity contribution in [1.29, 1.82) is 0 Å². The second-order valence-electron chi connectivity index (χ2n) is 7.26. The van der Waals surface area contributed by atoms with Gasteiger partial charge >= 0.3 is 5.97 Å². The van der Waals surface area contributed by atoms with Gasteiger partial charge in [-0.3, -0.25) is 9.69 Å². The molecule has 0 aromatic heterocycles. The fourth-order valence-electron chi connectivity index (χ4n) is 4.04. The molecule has 6 heteroatoms. The summed E-state index contributed by atoms with van der Waals surface area (Å²) in [5.74, 6) is 0.413. The number of benzene rings is 3. The first-order chi connectivity index (χ1) is 15.1. The molecule has 154 valence electrons. The van der Waals surface area contributed by atoms with Gasteiger partial charge in [-0.2, -0.15) is 0 Å². The van der Waals surface area contributed by atoms with E-state index in [1.165, 1.54) is 7.11 Å². The summed E-state index contributed by atoms with van der Waals surface area (Å²) in [7, 11) is 1.31. The predicted molar refractivity (Wildman–Crippen MR) is 117 cm³/mol. The molecule has 0 aliphatic carbocycles. The van der Waals surface area contributed by atoms with Gasteiger partial charge in [-0.1, -0.05) is 42.5 Å². The highest BCUT2D eigenvalue weighted by Crippen LogP contribution is 2.39. The number of rotatable bonds is 3. The Morgan fingerprint density at radius 3 is 2.65 bits per heavy atom. The quantitative estimate of drug-likeness (QED) is 0.469. The lowest BCUT2D eigenvalue weighted by molar-refractivity contribution is -0.136. The molecule has 1 amide bonds. The van der Waals surface area contributed by atoms with E-state index in [9.17, 15) is 9.59 Å². The van der Waals surface area contributed by atoms with Crippen molar-refractivity contribution < 1.29 is 23.8 Å². The van der Waals surface area contributed by atoms with Crippen molar-refractivity contribution in [3.05, 3.63) is 83.1 Å². The molecular weight excluding hydrogens is 394 g/mol. The number of carbonyl (C=O) groups excluding carboxylic acids is 2. The fourth-order valence-corrected chi connectivity index (χ4v) is 4.04. The van der Waals surface area contributed by atoms with Gasteiger partial charge in [0.2, 0.25) is 6.79 Å². The first-order valence-corrected chi connectivity index (χ1v) is 9.81. The second-order valence-corrected chi connectivity index (χ2v) is 7.26. The molecule has 0 atom stereocenters. The molecule has 0 N–H and O–H groups in total. The van der Waals surface area contributed by atoms with E-state index in [2.05, 4.69) is 0 Å². The van der Waals surface area contributed by atoms with Crippen LogP contribution in [-0.2, 0) is 14.3 Å². The van der Waals surface area contributed by atoms with E-state index in [-0.39, 0.29) is 23.8 Å². The van der Waals surface area contributed by atoms with Crippen LogP contribution in [0.15, 0.2) is 77.5 Å². The van der Waals surface area contributed by atoms with Gasteiger partial charge in [0.05, 0.1) is 23.9 Å². The van der Waals surface area contributed by atoms with Crippen molar-refractivity contribution >= 4 is 34.4 Å². The number of fused-ring (bicyclic) bond motifs is 2. The van der Waals surface area contributed by atoms with Crippen molar-refractivity contribution in [2.75, 3.05) is 18.8 Å². The summed E-state index contributed by atoms with van der Waals surface area (Å²) in [6, 6.07) is 19.0.